The van der Waals surface area contributed by atoms with Crippen molar-refractivity contribution < 1.29 is 22.7 Å². The summed E-state index contributed by atoms with van der Waals surface area (Å²) < 4.78 is 37.4. The maximum Gasteiger partial charge on any atom is 0.415 e. The number of aromatic nitrogens is 1. The Kier molecular flexibility index (Phi) is 7.87. The fourth-order valence-corrected chi connectivity index (χ4v) is 7.18. The molecule has 0 aliphatic carbocycles. The Hall–Kier alpha value is -4.68. The first-order valence-electron chi connectivity index (χ1n) is 14.3. The van der Waals surface area contributed by atoms with Crippen molar-refractivity contribution in [1.82, 2.24) is 9.88 Å². The van der Waals surface area contributed by atoms with Gasteiger partial charge in [-0.15, -0.1) is 0 Å². The molecule has 1 amide bonds. The number of hydrogen-bond donors (Lipinski definition) is 0. The standard InChI is InChI=1S/C34H31N3O5S/c35-22-26-4-3-6-31(20-26)41-33(38)37-18-15-34(16-19-37)14-13-29-21-28(11-12-32(29)42-34)27-9-7-25(8-10-27)23-43(39,40)24-30-5-1-2-17-36-30/h1-12,17,20-21H,13-16,18-19,23-24H2. The lowest BCUT2D eigenvalue weighted by molar-refractivity contribution is -0.00948. The zero-order valence-corrected chi connectivity index (χ0v) is 24.4. The average Bonchev–Trinajstić information content (AvgIpc) is 3.02. The third-order valence-corrected chi connectivity index (χ3v) is 9.61. The first kappa shape index (κ1) is 28.4. The summed E-state index contributed by atoms with van der Waals surface area (Å²) in [7, 11) is -3.33. The van der Waals surface area contributed by atoms with E-state index in [0.29, 0.717) is 42.9 Å². The summed E-state index contributed by atoms with van der Waals surface area (Å²) in [5.41, 5.74) is 4.64. The van der Waals surface area contributed by atoms with Gasteiger partial charge in [0.2, 0.25) is 0 Å². The Morgan fingerprint density at radius 2 is 1.72 bits per heavy atom. The van der Waals surface area contributed by atoms with Crippen molar-refractivity contribution in [2.24, 2.45) is 0 Å². The molecule has 1 saturated heterocycles. The van der Waals surface area contributed by atoms with E-state index in [4.69, 9.17) is 14.7 Å². The summed E-state index contributed by atoms with van der Waals surface area (Å²) >= 11 is 0. The van der Waals surface area contributed by atoms with Crippen LogP contribution in [-0.4, -0.2) is 43.1 Å². The highest BCUT2D eigenvalue weighted by Gasteiger charge is 2.41. The highest BCUT2D eigenvalue weighted by Crippen LogP contribution is 2.41. The quantitative estimate of drug-likeness (QED) is 0.266. The molecule has 0 bridgehead atoms. The number of nitriles is 1. The molecular formula is C34H31N3O5S. The fourth-order valence-electron chi connectivity index (χ4n) is 5.75. The van der Waals surface area contributed by atoms with Gasteiger partial charge in [0.25, 0.3) is 0 Å². The number of benzene rings is 3. The van der Waals surface area contributed by atoms with E-state index in [0.717, 1.165) is 40.8 Å². The molecule has 8 nitrogen and oxygen atoms in total. The number of carbonyl (C=O) groups is 1. The molecule has 3 heterocycles. The van der Waals surface area contributed by atoms with Crippen LogP contribution in [0.5, 0.6) is 11.5 Å². The fraction of sp³-hybridized carbons (Fsp3) is 0.265. The number of rotatable bonds is 6. The van der Waals surface area contributed by atoms with Crippen LogP contribution in [0.1, 0.15) is 41.6 Å². The van der Waals surface area contributed by atoms with E-state index in [1.807, 2.05) is 36.4 Å². The molecule has 2 aliphatic rings. The van der Waals surface area contributed by atoms with Gasteiger partial charge in [-0.3, -0.25) is 4.98 Å². The molecule has 2 aliphatic heterocycles. The number of fused-ring (bicyclic) bond motifs is 1. The molecule has 0 N–H and O–H groups in total. The van der Waals surface area contributed by atoms with Gasteiger partial charge in [0.15, 0.2) is 9.84 Å². The van der Waals surface area contributed by atoms with E-state index >= 15 is 0 Å². The van der Waals surface area contributed by atoms with E-state index < -0.39 is 15.9 Å². The molecule has 6 rings (SSSR count). The second kappa shape index (κ2) is 11.9. The summed E-state index contributed by atoms with van der Waals surface area (Å²) in [4.78, 5) is 18.5. The van der Waals surface area contributed by atoms with E-state index in [1.165, 1.54) is 0 Å². The predicted molar refractivity (Wildman–Crippen MR) is 162 cm³/mol. The normalized spacial score (nSPS) is 15.7. The van der Waals surface area contributed by atoms with E-state index in [2.05, 4.69) is 17.1 Å². The lowest BCUT2D eigenvalue weighted by atomic mass is 9.82. The van der Waals surface area contributed by atoms with Crippen molar-refractivity contribution in [3.8, 4) is 28.7 Å². The Bertz CT molecular complexity index is 1780. The maximum absolute atomic E-state index is 12.7. The monoisotopic (exact) mass is 593 g/mol. The number of nitrogens with zero attached hydrogens (tertiary/aromatic N) is 3. The predicted octanol–water partition coefficient (Wildman–Crippen LogP) is 6.09. The second-order valence-electron chi connectivity index (χ2n) is 11.2. The Labute approximate surface area is 251 Å². The molecule has 1 spiro atoms. The molecule has 1 fully saturated rings. The molecule has 43 heavy (non-hydrogen) atoms. The van der Waals surface area contributed by atoms with Crippen molar-refractivity contribution in [3.63, 3.8) is 0 Å². The number of piperidine rings is 1. The van der Waals surface area contributed by atoms with Crippen LogP contribution in [0.15, 0.2) is 91.1 Å². The third kappa shape index (κ3) is 6.71. The number of hydrogen-bond acceptors (Lipinski definition) is 7. The maximum atomic E-state index is 12.7. The van der Waals surface area contributed by atoms with Gasteiger partial charge in [0.05, 0.1) is 28.8 Å². The lowest BCUT2D eigenvalue weighted by Crippen LogP contribution is -2.51. The molecular weight excluding hydrogens is 562 g/mol. The molecule has 218 valence electrons. The number of pyridine rings is 1. The summed E-state index contributed by atoms with van der Waals surface area (Å²) in [6.45, 7) is 1.07. The van der Waals surface area contributed by atoms with Gasteiger partial charge in [-0.2, -0.15) is 5.26 Å². The SMILES string of the molecule is N#Cc1cccc(OC(=O)N2CCC3(CCc4cc(-c5ccc(CS(=O)(=O)Cc6ccccn6)cc5)ccc4O3)CC2)c1. The van der Waals surface area contributed by atoms with E-state index in [1.54, 1.807) is 53.6 Å². The van der Waals surface area contributed by atoms with Crippen LogP contribution in [0, 0.1) is 11.3 Å². The van der Waals surface area contributed by atoms with Gasteiger partial charge in [0.1, 0.15) is 17.1 Å². The number of aryl methyl sites for hydroxylation is 1. The topological polar surface area (TPSA) is 110 Å². The van der Waals surface area contributed by atoms with Crippen LogP contribution in [0.25, 0.3) is 11.1 Å². The molecule has 0 radical (unpaired) electrons. The summed E-state index contributed by atoms with van der Waals surface area (Å²) in [6, 6.07) is 27.8. The number of ether oxygens (including phenoxy) is 2. The minimum absolute atomic E-state index is 0.0342. The number of amides is 1. The first-order valence-corrected chi connectivity index (χ1v) is 16.1. The molecule has 0 atom stereocenters. The van der Waals surface area contributed by atoms with E-state index in [-0.39, 0.29) is 17.1 Å². The largest absolute Gasteiger partial charge is 0.487 e. The molecule has 1 aromatic heterocycles. The van der Waals surface area contributed by atoms with E-state index in [9.17, 15) is 13.2 Å². The van der Waals surface area contributed by atoms with Crippen molar-refractivity contribution in [2.75, 3.05) is 13.1 Å². The van der Waals surface area contributed by atoms with Gasteiger partial charge in [0, 0.05) is 32.1 Å². The van der Waals surface area contributed by atoms with Crippen LogP contribution < -0.4 is 9.47 Å². The third-order valence-electron chi connectivity index (χ3n) is 8.11. The van der Waals surface area contributed by atoms with Crippen LogP contribution in [-0.2, 0) is 27.8 Å². The summed E-state index contributed by atoms with van der Waals surface area (Å²) in [5.74, 6) is 1.12. The van der Waals surface area contributed by atoms with Crippen LogP contribution in [0.4, 0.5) is 4.79 Å². The highest BCUT2D eigenvalue weighted by molar-refractivity contribution is 7.89. The first-order chi connectivity index (χ1) is 20.8. The van der Waals surface area contributed by atoms with Gasteiger partial charge >= 0.3 is 6.09 Å². The van der Waals surface area contributed by atoms with Crippen molar-refractivity contribution in [2.45, 2.75) is 42.8 Å². The van der Waals surface area contributed by atoms with Crippen LogP contribution >= 0.6 is 0 Å². The number of likely N-dealkylation sites (tertiary alicyclic amines) is 1. The highest BCUT2D eigenvalue weighted by atomic mass is 32.2. The zero-order chi connectivity index (χ0) is 29.9. The Morgan fingerprint density at radius 1 is 0.930 bits per heavy atom. The Morgan fingerprint density at radius 3 is 2.47 bits per heavy atom. The number of sulfone groups is 1. The van der Waals surface area contributed by atoms with Gasteiger partial charge in [-0.05, 0) is 77.6 Å². The summed E-state index contributed by atoms with van der Waals surface area (Å²) in [6.07, 6.45) is 4.36. The summed E-state index contributed by atoms with van der Waals surface area (Å²) in [5, 5.41) is 9.08. The van der Waals surface area contributed by atoms with Crippen molar-refractivity contribution in [3.05, 3.63) is 114 Å². The van der Waals surface area contributed by atoms with Gasteiger partial charge in [-0.25, -0.2) is 13.2 Å². The number of carbonyl (C=O) groups excluding carboxylic acids is 1. The van der Waals surface area contributed by atoms with Crippen LogP contribution in [0.3, 0.4) is 0 Å². The van der Waals surface area contributed by atoms with Gasteiger partial charge in [-0.1, -0.05) is 42.5 Å². The molecule has 0 unspecified atom stereocenters. The zero-order valence-electron chi connectivity index (χ0n) is 23.6. The Balaban J connectivity index is 1.06. The van der Waals surface area contributed by atoms with Crippen molar-refractivity contribution in [1.29, 1.82) is 5.26 Å². The average molecular weight is 594 g/mol. The van der Waals surface area contributed by atoms with Gasteiger partial charge < -0.3 is 14.4 Å². The molecule has 0 saturated carbocycles. The smallest absolute Gasteiger partial charge is 0.415 e. The second-order valence-corrected chi connectivity index (χ2v) is 13.2. The minimum atomic E-state index is -3.33. The molecule has 4 aromatic rings. The molecule has 9 heteroatoms. The van der Waals surface area contributed by atoms with Crippen LogP contribution in [0.2, 0.25) is 0 Å². The molecule has 3 aromatic carbocycles. The lowest BCUT2D eigenvalue weighted by Gasteiger charge is -2.44. The van der Waals surface area contributed by atoms with Crippen molar-refractivity contribution >= 4 is 15.9 Å². The minimum Gasteiger partial charge on any atom is -0.487 e.